The predicted octanol–water partition coefficient (Wildman–Crippen LogP) is 2.27. The zero-order chi connectivity index (χ0) is 14.0. The Morgan fingerprint density at radius 2 is 2.00 bits per heavy atom. The number of carbonyl (C=O) groups excluding carboxylic acids is 2. The molecular weight excluding hydrogens is 240 g/mol. The van der Waals surface area contributed by atoms with Gasteiger partial charge in [0.25, 0.3) is 0 Å². The third-order valence-electron chi connectivity index (χ3n) is 3.31. The van der Waals surface area contributed by atoms with E-state index in [2.05, 4.69) is 10.6 Å². The predicted molar refractivity (Wildman–Crippen MR) is 74.9 cm³/mol. The minimum absolute atomic E-state index is 0.0131. The van der Waals surface area contributed by atoms with Crippen molar-refractivity contribution in [1.29, 1.82) is 0 Å². The highest BCUT2D eigenvalue weighted by atomic mass is 16.2. The van der Waals surface area contributed by atoms with Gasteiger partial charge in [0.2, 0.25) is 11.8 Å². The molecule has 0 fully saturated rings. The summed E-state index contributed by atoms with van der Waals surface area (Å²) in [5.74, 6) is -0.123. The smallest absolute Gasteiger partial charge is 0.232 e. The fourth-order valence-electron chi connectivity index (χ4n) is 2.16. The van der Waals surface area contributed by atoms with Gasteiger partial charge in [0, 0.05) is 17.6 Å². The van der Waals surface area contributed by atoms with Crippen molar-refractivity contribution in [2.24, 2.45) is 5.41 Å². The van der Waals surface area contributed by atoms with Gasteiger partial charge in [-0.25, -0.2) is 0 Å². The maximum Gasteiger partial charge on any atom is 0.232 e. The Labute approximate surface area is 113 Å². The fourth-order valence-corrected chi connectivity index (χ4v) is 2.16. The lowest BCUT2D eigenvalue weighted by atomic mass is 9.94. The molecule has 4 heteroatoms. The molecular formula is C15H20N2O2. The number of amides is 2. The van der Waals surface area contributed by atoms with Crippen LogP contribution in [-0.2, 0) is 9.59 Å². The van der Waals surface area contributed by atoms with Crippen molar-refractivity contribution < 1.29 is 9.59 Å². The first-order chi connectivity index (χ1) is 8.89. The van der Waals surface area contributed by atoms with Crippen molar-refractivity contribution in [3.8, 4) is 0 Å². The number of nitrogens with one attached hydrogen (secondary N) is 2. The van der Waals surface area contributed by atoms with Gasteiger partial charge < -0.3 is 10.6 Å². The van der Waals surface area contributed by atoms with E-state index in [1.54, 1.807) is 0 Å². The molecule has 0 spiro atoms. The molecule has 0 radical (unpaired) electrons. The molecule has 0 saturated carbocycles. The van der Waals surface area contributed by atoms with Gasteiger partial charge in [-0.05, 0) is 18.1 Å². The van der Waals surface area contributed by atoms with E-state index in [1.165, 1.54) is 0 Å². The minimum atomic E-state index is -0.393. The Bertz CT molecular complexity index is 503. The summed E-state index contributed by atoms with van der Waals surface area (Å²) < 4.78 is 0. The van der Waals surface area contributed by atoms with E-state index in [-0.39, 0.29) is 17.7 Å². The molecule has 0 aromatic heterocycles. The first kappa shape index (κ1) is 13.6. The number of carbonyl (C=O) groups is 2. The van der Waals surface area contributed by atoms with Crippen LogP contribution in [0.5, 0.6) is 0 Å². The van der Waals surface area contributed by atoms with Crippen LogP contribution in [0.4, 0.5) is 5.69 Å². The molecule has 1 atom stereocenters. The van der Waals surface area contributed by atoms with Crippen molar-refractivity contribution in [3.63, 3.8) is 0 Å². The lowest BCUT2D eigenvalue weighted by Gasteiger charge is -2.18. The Morgan fingerprint density at radius 1 is 1.32 bits per heavy atom. The highest BCUT2D eigenvalue weighted by Gasteiger charge is 2.30. The second-order valence-electron chi connectivity index (χ2n) is 5.92. The summed E-state index contributed by atoms with van der Waals surface area (Å²) in [5.41, 5.74) is 1.52. The Kier molecular flexibility index (Phi) is 3.60. The van der Waals surface area contributed by atoms with Crippen LogP contribution in [0, 0.1) is 5.41 Å². The molecule has 102 valence electrons. The molecule has 1 aliphatic rings. The van der Waals surface area contributed by atoms with Gasteiger partial charge in [0.15, 0.2) is 0 Å². The average molecular weight is 260 g/mol. The Hall–Kier alpha value is -1.84. The van der Waals surface area contributed by atoms with Crippen LogP contribution in [0.25, 0.3) is 0 Å². The molecule has 1 aromatic carbocycles. The monoisotopic (exact) mass is 260 g/mol. The molecule has 1 unspecified atom stereocenters. The summed E-state index contributed by atoms with van der Waals surface area (Å²) in [6, 6.07) is 7.70. The molecule has 19 heavy (non-hydrogen) atoms. The normalized spacial score (nSPS) is 17.8. The van der Waals surface area contributed by atoms with Crippen LogP contribution in [0.2, 0.25) is 0 Å². The number of rotatable bonds is 3. The molecule has 2 N–H and O–H groups in total. The van der Waals surface area contributed by atoms with Crippen molar-refractivity contribution in [3.05, 3.63) is 29.8 Å². The van der Waals surface area contributed by atoms with Crippen molar-refractivity contribution >= 4 is 17.5 Å². The van der Waals surface area contributed by atoms with Gasteiger partial charge in [0.1, 0.15) is 0 Å². The van der Waals surface area contributed by atoms with E-state index in [1.807, 2.05) is 45.0 Å². The summed E-state index contributed by atoms with van der Waals surface area (Å²) in [5, 5.41) is 5.75. The number of anilines is 1. The van der Waals surface area contributed by atoms with E-state index < -0.39 is 5.41 Å². The maximum absolute atomic E-state index is 11.9. The first-order valence-electron chi connectivity index (χ1n) is 6.57. The van der Waals surface area contributed by atoms with Crippen molar-refractivity contribution in [1.82, 2.24) is 5.32 Å². The van der Waals surface area contributed by atoms with E-state index in [4.69, 9.17) is 0 Å². The van der Waals surface area contributed by atoms with E-state index in [0.29, 0.717) is 13.0 Å². The third kappa shape index (κ3) is 2.95. The van der Waals surface area contributed by atoms with E-state index in [0.717, 1.165) is 11.3 Å². The van der Waals surface area contributed by atoms with Crippen LogP contribution >= 0.6 is 0 Å². The van der Waals surface area contributed by atoms with Gasteiger partial charge in [-0.15, -0.1) is 0 Å². The molecule has 0 bridgehead atoms. The zero-order valence-corrected chi connectivity index (χ0v) is 11.6. The van der Waals surface area contributed by atoms with Crippen LogP contribution < -0.4 is 10.6 Å². The number of para-hydroxylation sites is 1. The molecule has 1 aliphatic heterocycles. The first-order valence-corrected chi connectivity index (χ1v) is 6.57. The number of benzene rings is 1. The van der Waals surface area contributed by atoms with Gasteiger partial charge in [0.05, 0.1) is 5.92 Å². The Balaban J connectivity index is 1.94. The standard InChI is InChI=1S/C15H20N2O2/c1-15(2,3)14(19)16-9-8-11-10-6-4-5-7-12(10)17-13(11)18/h4-7,11H,8-9H2,1-3H3,(H,16,19)(H,17,18). The lowest BCUT2D eigenvalue weighted by Crippen LogP contribution is -2.36. The second kappa shape index (κ2) is 5.03. The number of fused-ring (bicyclic) bond motifs is 1. The molecule has 2 amide bonds. The summed E-state index contributed by atoms with van der Waals surface area (Å²) in [6.07, 6.45) is 0.630. The largest absolute Gasteiger partial charge is 0.356 e. The number of hydrogen-bond acceptors (Lipinski definition) is 2. The van der Waals surface area contributed by atoms with Gasteiger partial charge in [-0.1, -0.05) is 39.0 Å². The van der Waals surface area contributed by atoms with Gasteiger partial charge >= 0.3 is 0 Å². The fraction of sp³-hybridized carbons (Fsp3) is 0.467. The Morgan fingerprint density at radius 3 is 2.68 bits per heavy atom. The van der Waals surface area contributed by atoms with Crippen LogP contribution in [-0.4, -0.2) is 18.4 Å². The molecule has 0 aliphatic carbocycles. The zero-order valence-electron chi connectivity index (χ0n) is 11.6. The van der Waals surface area contributed by atoms with Gasteiger partial charge in [-0.2, -0.15) is 0 Å². The average Bonchev–Trinajstić information content (AvgIpc) is 2.64. The molecule has 2 rings (SSSR count). The topological polar surface area (TPSA) is 58.2 Å². The minimum Gasteiger partial charge on any atom is -0.356 e. The summed E-state index contributed by atoms with van der Waals surface area (Å²) in [7, 11) is 0. The van der Waals surface area contributed by atoms with E-state index in [9.17, 15) is 9.59 Å². The number of hydrogen-bond donors (Lipinski definition) is 2. The van der Waals surface area contributed by atoms with Crippen molar-refractivity contribution in [2.45, 2.75) is 33.1 Å². The molecule has 4 nitrogen and oxygen atoms in total. The summed E-state index contributed by atoms with van der Waals surface area (Å²) in [6.45, 7) is 6.14. The van der Waals surface area contributed by atoms with Crippen LogP contribution in [0.1, 0.15) is 38.7 Å². The molecule has 1 aromatic rings. The SMILES string of the molecule is CC(C)(C)C(=O)NCCC1C(=O)Nc2ccccc21. The van der Waals surface area contributed by atoms with Crippen molar-refractivity contribution in [2.75, 3.05) is 11.9 Å². The second-order valence-corrected chi connectivity index (χ2v) is 5.92. The highest BCUT2D eigenvalue weighted by molar-refractivity contribution is 6.02. The molecule has 0 saturated heterocycles. The summed E-state index contributed by atoms with van der Waals surface area (Å²) in [4.78, 5) is 23.6. The van der Waals surface area contributed by atoms with Gasteiger partial charge in [-0.3, -0.25) is 9.59 Å². The van der Waals surface area contributed by atoms with Crippen LogP contribution in [0.15, 0.2) is 24.3 Å². The molecule has 1 heterocycles. The third-order valence-corrected chi connectivity index (χ3v) is 3.31. The lowest BCUT2D eigenvalue weighted by molar-refractivity contribution is -0.128. The summed E-state index contributed by atoms with van der Waals surface area (Å²) >= 11 is 0. The maximum atomic E-state index is 11.9. The highest BCUT2D eigenvalue weighted by Crippen LogP contribution is 2.33. The quantitative estimate of drug-likeness (QED) is 0.876. The van der Waals surface area contributed by atoms with E-state index >= 15 is 0 Å². The van der Waals surface area contributed by atoms with Crippen LogP contribution in [0.3, 0.4) is 0 Å².